The van der Waals surface area contributed by atoms with Gasteiger partial charge in [-0.15, -0.1) is 0 Å². The molecular weight excluding hydrogens is 198 g/mol. The summed E-state index contributed by atoms with van der Waals surface area (Å²) >= 11 is 0. The quantitative estimate of drug-likeness (QED) is 0.294. The molecule has 11 heavy (non-hydrogen) atoms. The van der Waals surface area contributed by atoms with Crippen molar-refractivity contribution in [1.29, 1.82) is 0 Å². The van der Waals surface area contributed by atoms with Crippen molar-refractivity contribution in [2.45, 2.75) is 13.2 Å². The Kier molecular flexibility index (Phi) is 5.99. The van der Waals surface area contributed by atoms with Crippen LogP contribution in [-0.4, -0.2) is 16.4 Å². The first-order valence-corrected chi connectivity index (χ1v) is 4.96. The highest BCUT2D eigenvalue weighted by Gasteiger charge is 2.09. The van der Waals surface area contributed by atoms with Gasteiger partial charge in [-0.2, -0.15) is 4.67 Å². The van der Waals surface area contributed by atoms with Gasteiger partial charge in [0, 0.05) is 0 Å². The van der Waals surface area contributed by atoms with E-state index >= 15 is 0 Å². The van der Waals surface area contributed by atoms with E-state index < -0.39 is 22.8 Å². The molecule has 0 aromatic heterocycles. The van der Waals surface area contributed by atoms with E-state index in [0.717, 1.165) is 0 Å². The fraction of sp³-hybridized carbons (Fsp3) is 1.00. The largest absolute Gasteiger partial charge is 0.349 e. The molecule has 7 nitrogen and oxygen atoms in total. The summed E-state index contributed by atoms with van der Waals surface area (Å²) in [5.74, 6) is 0. The second-order valence-electron chi connectivity index (χ2n) is 1.41. The summed E-state index contributed by atoms with van der Waals surface area (Å²) in [6, 6.07) is 0. The third-order valence-electron chi connectivity index (χ3n) is 0.604. The Hall–Kier alpha value is 0.260. The second-order valence-corrected chi connectivity index (χ2v) is 3.10. The van der Waals surface area contributed by atoms with Crippen molar-refractivity contribution < 1.29 is 33.0 Å². The molecule has 0 saturated heterocycles. The summed E-state index contributed by atoms with van der Waals surface area (Å²) in [5.41, 5.74) is 0. The lowest BCUT2D eigenvalue weighted by atomic mass is 10.8. The van der Waals surface area contributed by atoms with E-state index in [0.29, 0.717) is 0 Å². The van der Waals surface area contributed by atoms with Crippen molar-refractivity contribution in [3.8, 4) is 0 Å². The molecule has 3 atom stereocenters. The molecule has 0 spiro atoms. The summed E-state index contributed by atoms with van der Waals surface area (Å²) in [6.45, 7) is 1.24. The predicted octanol–water partition coefficient (Wildman–Crippen LogP) is 0.627. The molecule has 0 aliphatic heterocycles. The SMILES string of the molecule is CC(O[PH](=O)O)O[PH](=O)OO. The number of rotatable bonds is 5. The highest BCUT2D eigenvalue weighted by molar-refractivity contribution is 7.33. The van der Waals surface area contributed by atoms with Gasteiger partial charge < -0.3 is 4.89 Å². The van der Waals surface area contributed by atoms with Gasteiger partial charge in [-0.3, -0.25) is 18.2 Å². The lowest BCUT2D eigenvalue weighted by Gasteiger charge is -2.08. The van der Waals surface area contributed by atoms with Crippen LogP contribution in [-0.2, 0) is 22.9 Å². The second kappa shape index (κ2) is 5.85. The summed E-state index contributed by atoms with van der Waals surface area (Å²) in [5, 5.41) is 7.74. The Morgan fingerprint density at radius 3 is 2.27 bits per heavy atom. The maximum Gasteiger partial charge on any atom is 0.349 e. The lowest BCUT2D eigenvalue weighted by molar-refractivity contribution is -0.150. The molecule has 0 amide bonds. The molecule has 0 rings (SSSR count). The van der Waals surface area contributed by atoms with Crippen LogP contribution in [0.5, 0.6) is 0 Å². The number of hydrogen-bond acceptors (Lipinski definition) is 6. The van der Waals surface area contributed by atoms with Gasteiger partial charge >= 0.3 is 16.5 Å². The normalized spacial score (nSPS) is 19.2. The molecule has 0 aromatic carbocycles. The van der Waals surface area contributed by atoms with Crippen LogP contribution in [0.2, 0.25) is 0 Å². The Morgan fingerprint density at radius 2 is 1.91 bits per heavy atom. The van der Waals surface area contributed by atoms with Gasteiger partial charge in [0.05, 0.1) is 0 Å². The molecule has 0 aromatic rings. The van der Waals surface area contributed by atoms with Crippen molar-refractivity contribution in [3.05, 3.63) is 0 Å². The lowest BCUT2D eigenvalue weighted by Crippen LogP contribution is -2.03. The first kappa shape index (κ1) is 11.3. The molecule has 0 bridgehead atoms. The van der Waals surface area contributed by atoms with Gasteiger partial charge in [-0.05, 0) is 6.92 Å². The minimum atomic E-state index is -3.12. The van der Waals surface area contributed by atoms with Crippen molar-refractivity contribution in [2.24, 2.45) is 0 Å². The van der Waals surface area contributed by atoms with Gasteiger partial charge in [0.15, 0.2) is 6.29 Å². The molecule has 0 aliphatic carbocycles. The smallest absolute Gasteiger partial charge is 0.326 e. The summed E-state index contributed by atoms with van der Waals surface area (Å²) in [4.78, 5) is 8.16. The van der Waals surface area contributed by atoms with E-state index in [9.17, 15) is 9.13 Å². The standard InChI is InChI=1S/C2H8O7P2/c1-2(7-10(4)5)8-11(6)9-3/h2-3,10-11H,1H3,(H,4,5). The minimum absolute atomic E-state index is 1.15. The van der Waals surface area contributed by atoms with Crippen LogP contribution in [0, 0.1) is 0 Å². The van der Waals surface area contributed by atoms with Crippen LogP contribution in [0.4, 0.5) is 0 Å². The van der Waals surface area contributed by atoms with Crippen LogP contribution in [0.15, 0.2) is 0 Å². The Balaban J connectivity index is 3.60. The van der Waals surface area contributed by atoms with Crippen molar-refractivity contribution in [3.63, 3.8) is 0 Å². The van der Waals surface area contributed by atoms with Crippen molar-refractivity contribution in [2.75, 3.05) is 0 Å². The molecule has 0 heterocycles. The summed E-state index contributed by atoms with van der Waals surface area (Å²) in [7, 11) is -6.15. The third kappa shape index (κ3) is 6.65. The molecule has 2 N–H and O–H groups in total. The van der Waals surface area contributed by atoms with E-state index in [1.54, 1.807) is 0 Å². The van der Waals surface area contributed by atoms with Gasteiger partial charge in [0.25, 0.3) is 0 Å². The van der Waals surface area contributed by atoms with E-state index in [1.807, 2.05) is 0 Å². The third-order valence-corrected chi connectivity index (χ3v) is 1.81. The van der Waals surface area contributed by atoms with Crippen LogP contribution < -0.4 is 0 Å². The fourth-order valence-electron chi connectivity index (χ4n) is 0.323. The molecule has 3 unspecified atom stereocenters. The average Bonchev–Trinajstić information content (AvgIpc) is 1.85. The highest BCUT2D eigenvalue weighted by Crippen LogP contribution is 2.28. The summed E-state index contributed by atoms with van der Waals surface area (Å²) < 4.78 is 31.8. The zero-order valence-corrected chi connectivity index (χ0v) is 7.51. The van der Waals surface area contributed by atoms with Crippen LogP contribution in [0.25, 0.3) is 0 Å². The van der Waals surface area contributed by atoms with E-state index in [1.165, 1.54) is 6.92 Å². The van der Waals surface area contributed by atoms with Crippen LogP contribution in [0.1, 0.15) is 6.92 Å². The van der Waals surface area contributed by atoms with Gasteiger partial charge in [0.2, 0.25) is 0 Å². The molecule has 0 fully saturated rings. The fourth-order valence-corrected chi connectivity index (χ4v) is 1.11. The zero-order valence-electron chi connectivity index (χ0n) is 5.51. The maximum absolute atomic E-state index is 10.2. The zero-order chi connectivity index (χ0) is 8.85. The molecule has 0 radical (unpaired) electrons. The van der Waals surface area contributed by atoms with E-state index in [-0.39, 0.29) is 0 Å². The maximum atomic E-state index is 10.2. The van der Waals surface area contributed by atoms with Crippen molar-refractivity contribution in [1.82, 2.24) is 0 Å². The Bertz CT molecular complexity index is 157. The number of hydrogen-bond donors (Lipinski definition) is 2. The Morgan fingerprint density at radius 1 is 1.36 bits per heavy atom. The molecule has 9 heteroatoms. The van der Waals surface area contributed by atoms with Crippen LogP contribution in [0.3, 0.4) is 0 Å². The highest BCUT2D eigenvalue weighted by atomic mass is 31.1. The van der Waals surface area contributed by atoms with E-state index in [2.05, 4.69) is 13.7 Å². The molecule has 0 saturated carbocycles. The monoisotopic (exact) mass is 206 g/mol. The van der Waals surface area contributed by atoms with Crippen LogP contribution >= 0.6 is 16.5 Å². The van der Waals surface area contributed by atoms with E-state index in [4.69, 9.17) is 10.2 Å². The molecule has 68 valence electrons. The molecular formula is C2H8O7P2. The average molecular weight is 206 g/mol. The van der Waals surface area contributed by atoms with Gasteiger partial charge in [-0.25, -0.2) is 5.26 Å². The van der Waals surface area contributed by atoms with Gasteiger partial charge in [-0.1, -0.05) is 0 Å². The molecule has 0 aliphatic rings. The Labute approximate surface area is 63.7 Å². The minimum Gasteiger partial charge on any atom is -0.326 e. The topological polar surface area (TPSA) is 102 Å². The van der Waals surface area contributed by atoms with Crippen molar-refractivity contribution >= 4 is 16.5 Å². The first-order chi connectivity index (χ1) is 5.06. The van der Waals surface area contributed by atoms with Gasteiger partial charge in [0.1, 0.15) is 0 Å². The summed E-state index contributed by atoms with van der Waals surface area (Å²) in [6.07, 6.45) is -1.15. The first-order valence-electron chi connectivity index (χ1n) is 2.48. The predicted molar refractivity (Wildman–Crippen MR) is 35.6 cm³/mol.